The zero-order valence-corrected chi connectivity index (χ0v) is 13.9. The summed E-state index contributed by atoms with van der Waals surface area (Å²) < 4.78 is 2.24. The number of aliphatic carboxylic acids is 1. The summed E-state index contributed by atoms with van der Waals surface area (Å²) in [6.45, 7) is 3.03. The normalized spacial score (nSPS) is 17.5. The summed E-state index contributed by atoms with van der Waals surface area (Å²) in [6, 6.07) is 0. The molecule has 1 aromatic rings. The lowest BCUT2D eigenvalue weighted by atomic mass is 9.96. The van der Waals surface area contributed by atoms with Crippen molar-refractivity contribution in [2.45, 2.75) is 56.3 Å². The van der Waals surface area contributed by atoms with Gasteiger partial charge in [0, 0.05) is 24.0 Å². The molecular formula is C15H25N3O2S. The van der Waals surface area contributed by atoms with Crippen LogP contribution >= 0.6 is 11.8 Å². The van der Waals surface area contributed by atoms with Gasteiger partial charge in [-0.3, -0.25) is 4.79 Å². The summed E-state index contributed by atoms with van der Waals surface area (Å²) in [4.78, 5) is 17.6. The van der Waals surface area contributed by atoms with E-state index in [0.29, 0.717) is 0 Å². The fourth-order valence-electron chi connectivity index (χ4n) is 3.16. The molecule has 1 heterocycles. The lowest BCUT2D eigenvalue weighted by molar-refractivity contribution is -0.133. The van der Waals surface area contributed by atoms with E-state index in [2.05, 4.69) is 35.5 Å². The first-order valence-electron chi connectivity index (χ1n) is 7.55. The summed E-state index contributed by atoms with van der Waals surface area (Å²) in [5.74, 6) is -0.731. The lowest BCUT2D eigenvalue weighted by Crippen LogP contribution is -2.45. The van der Waals surface area contributed by atoms with Gasteiger partial charge in [-0.15, -0.1) is 0 Å². The fourth-order valence-corrected chi connectivity index (χ4v) is 3.88. The second-order valence-electron chi connectivity index (χ2n) is 5.98. The maximum absolute atomic E-state index is 10.8. The number of nitrogens with zero attached hydrogens (tertiary/aromatic N) is 3. The molecule has 0 aliphatic heterocycles. The number of thioether (sulfide) groups is 1. The van der Waals surface area contributed by atoms with Crippen molar-refractivity contribution in [3.63, 3.8) is 0 Å². The minimum atomic E-state index is -0.796. The van der Waals surface area contributed by atoms with Crippen molar-refractivity contribution in [1.82, 2.24) is 14.5 Å². The smallest absolute Gasteiger partial charge is 0.313 e. The predicted octanol–water partition coefficient (Wildman–Crippen LogP) is 2.50. The van der Waals surface area contributed by atoms with Gasteiger partial charge in [-0.2, -0.15) is 0 Å². The molecule has 21 heavy (non-hydrogen) atoms. The van der Waals surface area contributed by atoms with E-state index in [1.54, 1.807) is 0 Å². The summed E-state index contributed by atoms with van der Waals surface area (Å²) in [6.07, 6.45) is 7.75. The number of hydrogen-bond acceptors (Lipinski definition) is 4. The molecule has 1 aliphatic rings. The van der Waals surface area contributed by atoms with Crippen LogP contribution in [0.15, 0.2) is 11.4 Å². The molecule has 2 rings (SSSR count). The monoisotopic (exact) mass is 311 g/mol. The Hall–Kier alpha value is -1.01. The van der Waals surface area contributed by atoms with Gasteiger partial charge >= 0.3 is 5.97 Å². The highest BCUT2D eigenvalue weighted by atomic mass is 32.2. The molecule has 1 fully saturated rings. The van der Waals surface area contributed by atoms with Gasteiger partial charge in [0.1, 0.15) is 0 Å². The highest BCUT2D eigenvalue weighted by molar-refractivity contribution is 7.99. The largest absolute Gasteiger partial charge is 0.481 e. The Morgan fingerprint density at radius 1 is 1.48 bits per heavy atom. The van der Waals surface area contributed by atoms with Crippen LogP contribution in [0.1, 0.15) is 38.3 Å². The van der Waals surface area contributed by atoms with E-state index in [4.69, 9.17) is 5.11 Å². The van der Waals surface area contributed by atoms with E-state index in [1.807, 2.05) is 6.20 Å². The molecule has 0 saturated heterocycles. The van der Waals surface area contributed by atoms with Crippen LogP contribution in [0, 0.1) is 0 Å². The highest BCUT2D eigenvalue weighted by Crippen LogP contribution is 2.36. The van der Waals surface area contributed by atoms with Gasteiger partial charge in [0.05, 0.1) is 5.75 Å². The predicted molar refractivity (Wildman–Crippen MR) is 84.9 cm³/mol. The molecule has 5 nitrogen and oxygen atoms in total. The van der Waals surface area contributed by atoms with Gasteiger partial charge in [0.2, 0.25) is 0 Å². The van der Waals surface area contributed by atoms with Crippen molar-refractivity contribution < 1.29 is 9.90 Å². The minimum Gasteiger partial charge on any atom is -0.481 e. The molecule has 0 aromatic carbocycles. The molecular weight excluding hydrogens is 286 g/mol. The average Bonchev–Trinajstić information content (AvgIpc) is 3.05. The van der Waals surface area contributed by atoms with E-state index in [9.17, 15) is 4.79 Å². The number of imidazole rings is 1. The van der Waals surface area contributed by atoms with Gasteiger partial charge in [0.15, 0.2) is 5.16 Å². The Bertz CT molecular complexity index is 493. The van der Waals surface area contributed by atoms with Crippen molar-refractivity contribution >= 4 is 17.7 Å². The third-order valence-corrected chi connectivity index (χ3v) is 5.50. The van der Waals surface area contributed by atoms with E-state index in [0.717, 1.165) is 18.1 Å². The maximum atomic E-state index is 10.8. The Balaban J connectivity index is 2.24. The quantitative estimate of drug-likeness (QED) is 0.784. The van der Waals surface area contributed by atoms with Crippen LogP contribution < -0.4 is 0 Å². The number of aromatic nitrogens is 2. The maximum Gasteiger partial charge on any atom is 0.313 e. The van der Waals surface area contributed by atoms with Crippen molar-refractivity contribution in [3.8, 4) is 0 Å². The Morgan fingerprint density at radius 2 is 2.14 bits per heavy atom. The highest BCUT2D eigenvalue weighted by Gasteiger charge is 2.37. The minimum absolute atomic E-state index is 0.0646. The molecule has 0 radical (unpaired) electrons. The molecule has 1 saturated carbocycles. The molecule has 6 heteroatoms. The number of aryl methyl sites for hydroxylation is 1. The zero-order chi connectivity index (χ0) is 15.5. The Kier molecular flexibility index (Phi) is 5.32. The Labute approximate surface area is 130 Å². The van der Waals surface area contributed by atoms with Crippen LogP contribution in [0.5, 0.6) is 0 Å². The summed E-state index contributed by atoms with van der Waals surface area (Å²) in [7, 11) is 4.30. The Morgan fingerprint density at radius 3 is 2.67 bits per heavy atom. The van der Waals surface area contributed by atoms with Crippen LogP contribution in [-0.4, -0.2) is 50.9 Å². The number of rotatable bonds is 7. The number of carbonyl (C=O) groups is 1. The van der Waals surface area contributed by atoms with E-state index in [1.165, 1.54) is 43.1 Å². The number of carboxylic acid groups (broad SMARTS) is 1. The second kappa shape index (κ2) is 6.83. The first-order chi connectivity index (χ1) is 9.98. The molecule has 1 aromatic heterocycles. The summed E-state index contributed by atoms with van der Waals surface area (Å²) in [5, 5.41) is 9.72. The number of carboxylic acids is 1. The molecule has 1 N–H and O–H groups in total. The average molecular weight is 311 g/mol. The van der Waals surface area contributed by atoms with E-state index >= 15 is 0 Å². The van der Waals surface area contributed by atoms with Gasteiger partial charge in [0.25, 0.3) is 0 Å². The van der Waals surface area contributed by atoms with Gasteiger partial charge in [-0.05, 0) is 33.4 Å². The zero-order valence-electron chi connectivity index (χ0n) is 13.1. The number of hydrogen-bond donors (Lipinski definition) is 1. The third kappa shape index (κ3) is 3.61. The van der Waals surface area contributed by atoms with E-state index in [-0.39, 0.29) is 11.3 Å². The summed E-state index contributed by atoms with van der Waals surface area (Å²) in [5.41, 5.74) is 1.37. The van der Waals surface area contributed by atoms with Crippen LogP contribution in [-0.2, 0) is 17.8 Å². The van der Waals surface area contributed by atoms with Crippen molar-refractivity contribution in [2.75, 3.05) is 19.8 Å². The van der Waals surface area contributed by atoms with E-state index < -0.39 is 5.97 Å². The van der Waals surface area contributed by atoms with Crippen LogP contribution in [0.4, 0.5) is 0 Å². The lowest BCUT2D eigenvalue weighted by Gasteiger charge is -2.37. The molecule has 0 spiro atoms. The topological polar surface area (TPSA) is 58.4 Å². The SMILES string of the molecule is CCc1cnc(SCC(=O)O)n1CC1(N(C)C)CCCC1. The van der Waals surface area contributed by atoms with Crippen molar-refractivity contribution in [1.29, 1.82) is 0 Å². The molecule has 0 unspecified atom stereocenters. The third-order valence-electron chi connectivity index (χ3n) is 4.52. The molecule has 0 bridgehead atoms. The second-order valence-corrected chi connectivity index (χ2v) is 6.92. The van der Waals surface area contributed by atoms with Crippen LogP contribution in [0.3, 0.4) is 0 Å². The summed E-state index contributed by atoms with van der Waals surface area (Å²) >= 11 is 1.32. The molecule has 1 aliphatic carbocycles. The first-order valence-corrected chi connectivity index (χ1v) is 8.53. The fraction of sp³-hybridized carbons (Fsp3) is 0.733. The molecule has 0 amide bonds. The van der Waals surface area contributed by atoms with Crippen molar-refractivity contribution in [2.24, 2.45) is 0 Å². The van der Waals surface area contributed by atoms with Gasteiger partial charge < -0.3 is 14.6 Å². The van der Waals surface area contributed by atoms with Gasteiger partial charge in [-0.1, -0.05) is 31.5 Å². The molecule has 0 atom stereocenters. The molecule has 118 valence electrons. The standard InChI is InChI=1S/C15H25N3O2S/c1-4-12-9-16-14(21-10-13(19)20)18(12)11-15(17(2)3)7-5-6-8-15/h9H,4-8,10-11H2,1-3H3,(H,19,20). The first kappa shape index (κ1) is 16.4. The number of likely N-dealkylation sites (N-methyl/N-ethyl adjacent to an activating group) is 1. The van der Waals surface area contributed by atoms with Crippen LogP contribution in [0.25, 0.3) is 0 Å². The van der Waals surface area contributed by atoms with Crippen molar-refractivity contribution in [3.05, 3.63) is 11.9 Å². The van der Waals surface area contributed by atoms with Gasteiger partial charge in [-0.25, -0.2) is 4.98 Å². The van der Waals surface area contributed by atoms with Crippen LogP contribution in [0.2, 0.25) is 0 Å².